The van der Waals surface area contributed by atoms with E-state index in [-0.39, 0.29) is 11.4 Å². The Labute approximate surface area is 126 Å². The normalized spacial score (nSPS) is 21.8. The van der Waals surface area contributed by atoms with Crippen LogP contribution in [0.1, 0.15) is 73.5 Å². The first-order chi connectivity index (χ1) is 10.2. The van der Waals surface area contributed by atoms with E-state index in [0.29, 0.717) is 18.2 Å². The van der Waals surface area contributed by atoms with Crippen molar-refractivity contribution in [3.05, 3.63) is 17.5 Å². The average Bonchev–Trinajstić information content (AvgIpc) is 3.18. The summed E-state index contributed by atoms with van der Waals surface area (Å²) in [6, 6.07) is 0.474. The molecule has 0 aliphatic heterocycles. The minimum absolute atomic E-state index is 0.0101. The number of hydrogen-bond acceptors (Lipinski definition) is 3. The van der Waals surface area contributed by atoms with E-state index in [1.807, 2.05) is 11.6 Å². The first kappa shape index (κ1) is 14.6. The third-order valence-corrected chi connectivity index (χ3v) is 5.29. The van der Waals surface area contributed by atoms with Crippen molar-refractivity contribution in [2.75, 3.05) is 6.54 Å². The summed E-state index contributed by atoms with van der Waals surface area (Å²) in [5.41, 5.74) is 7.41. The van der Waals surface area contributed by atoms with Crippen molar-refractivity contribution >= 4 is 5.91 Å². The lowest BCUT2D eigenvalue weighted by Crippen LogP contribution is -2.51. The molecule has 2 saturated carbocycles. The summed E-state index contributed by atoms with van der Waals surface area (Å²) in [6.45, 7) is 2.53. The molecule has 21 heavy (non-hydrogen) atoms. The first-order valence-electron chi connectivity index (χ1n) is 8.22. The van der Waals surface area contributed by atoms with Gasteiger partial charge in [-0.25, -0.2) is 0 Å². The zero-order valence-corrected chi connectivity index (χ0v) is 12.9. The zero-order valence-electron chi connectivity index (χ0n) is 12.9. The second-order valence-electron chi connectivity index (χ2n) is 6.67. The number of nitrogens with two attached hydrogens (primary N) is 1. The lowest BCUT2D eigenvalue weighted by molar-refractivity contribution is 0.0902. The van der Waals surface area contributed by atoms with Gasteiger partial charge in [0, 0.05) is 12.2 Å². The van der Waals surface area contributed by atoms with Gasteiger partial charge in [0.15, 0.2) is 0 Å². The van der Waals surface area contributed by atoms with Crippen molar-refractivity contribution in [1.82, 2.24) is 15.1 Å². The van der Waals surface area contributed by atoms with E-state index in [1.54, 1.807) is 6.20 Å². The molecule has 2 aliphatic carbocycles. The van der Waals surface area contributed by atoms with Gasteiger partial charge in [0.05, 0.1) is 23.3 Å². The summed E-state index contributed by atoms with van der Waals surface area (Å²) in [4.78, 5) is 12.6. The van der Waals surface area contributed by atoms with Gasteiger partial charge in [0.1, 0.15) is 0 Å². The third kappa shape index (κ3) is 2.71. The standard InChI is InChI=1S/C16H26N4O/c1-12-14(10-18-20(12)13-6-2-3-7-13)15(21)19-16(11-17)8-4-5-9-16/h10,13H,2-9,11,17H2,1H3,(H,19,21). The Morgan fingerprint density at radius 3 is 2.67 bits per heavy atom. The Balaban J connectivity index is 1.75. The monoisotopic (exact) mass is 290 g/mol. The highest BCUT2D eigenvalue weighted by atomic mass is 16.1. The fourth-order valence-corrected chi connectivity index (χ4v) is 3.90. The molecule has 3 N–H and O–H groups in total. The number of nitrogens with one attached hydrogen (secondary N) is 1. The van der Waals surface area contributed by atoms with Crippen LogP contribution in [0, 0.1) is 6.92 Å². The number of aromatic nitrogens is 2. The maximum absolute atomic E-state index is 12.6. The quantitative estimate of drug-likeness (QED) is 0.893. The van der Waals surface area contributed by atoms with Crippen LogP contribution in [0.25, 0.3) is 0 Å². The summed E-state index contributed by atoms with van der Waals surface area (Å²) >= 11 is 0. The van der Waals surface area contributed by atoms with Gasteiger partial charge in [-0.1, -0.05) is 25.7 Å². The SMILES string of the molecule is Cc1c(C(=O)NC2(CN)CCCC2)cnn1C1CCCC1. The number of carbonyl (C=O) groups is 1. The molecular formula is C16H26N4O. The molecule has 0 radical (unpaired) electrons. The van der Waals surface area contributed by atoms with E-state index in [2.05, 4.69) is 10.4 Å². The van der Waals surface area contributed by atoms with Crippen molar-refractivity contribution in [1.29, 1.82) is 0 Å². The van der Waals surface area contributed by atoms with Gasteiger partial charge >= 0.3 is 0 Å². The molecule has 0 saturated heterocycles. The summed E-state index contributed by atoms with van der Waals surface area (Å²) in [6.07, 6.45) is 10.9. The first-order valence-corrected chi connectivity index (χ1v) is 8.22. The third-order valence-electron chi connectivity index (χ3n) is 5.29. The number of nitrogens with zero attached hydrogens (tertiary/aromatic N) is 2. The van der Waals surface area contributed by atoms with E-state index < -0.39 is 0 Å². The van der Waals surface area contributed by atoms with Crippen molar-refractivity contribution < 1.29 is 4.79 Å². The van der Waals surface area contributed by atoms with Crippen LogP contribution in [0.4, 0.5) is 0 Å². The van der Waals surface area contributed by atoms with Crippen molar-refractivity contribution in [3.8, 4) is 0 Å². The Bertz CT molecular complexity index is 510. The molecule has 2 fully saturated rings. The molecule has 0 unspecified atom stereocenters. The molecule has 5 nitrogen and oxygen atoms in total. The molecule has 1 amide bonds. The van der Waals surface area contributed by atoms with Crippen LogP contribution in [0.2, 0.25) is 0 Å². The van der Waals surface area contributed by atoms with Gasteiger partial charge in [-0.05, 0) is 32.6 Å². The topological polar surface area (TPSA) is 72.9 Å². The van der Waals surface area contributed by atoms with Crippen LogP contribution in [0.5, 0.6) is 0 Å². The fourth-order valence-electron chi connectivity index (χ4n) is 3.90. The van der Waals surface area contributed by atoms with Crippen LogP contribution < -0.4 is 11.1 Å². The Hall–Kier alpha value is -1.36. The number of hydrogen-bond donors (Lipinski definition) is 2. The van der Waals surface area contributed by atoms with Gasteiger partial charge < -0.3 is 11.1 Å². The summed E-state index contributed by atoms with van der Waals surface area (Å²) < 4.78 is 2.05. The second-order valence-corrected chi connectivity index (χ2v) is 6.67. The average molecular weight is 290 g/mol. The largest absolute Gasteiger partial charge is 0.345 e. The molecule has 0 aromatic carbocycles. The summed E-state index contributed by atoms with van der Waals surface area (Å²) in [7, 11) is 0. The van der Waals surface area contributed by atoms with Crippen molar-refractivity contribution in [3.63, 3.8) is 0 Å². The van der Waals surface area contributed by atoms with E-state index in [4.69, 9.17) is 5.73 Å². The molecule has 2 aliphatic rings. The molecule has 0 spiro atoms. The molecule has 1 aromatic rings. The van der Waals surface area contributed by atoms with E-state index >= 15 is 0 Å². The van der Waals surface area contributed by atoms with Crippen LogP contribution in [0.15, 0.2) is 6.20 Å². The highest BCUT2D eigenvalue weighted by molar-refractivity contribution is 5.95. The minimum atomic E-state index is -0.195. The maximum Gasteiger partial charge on any atom is 0.255 e. The number of carbonyl (C=O) groups excluding carboxylic acids is 1. The van der Waals surface area contributed by atoms with Gasteiger partial charge in [-0.3, -0.25) is 9.48 Å². The number of rotatable bonds is 4. The van der Waals surface area contributed by atoms with Crippen LogP contribution in [0.3, 0.4) is 0 Å². The summed E-state index contributed by atoms with van der Waals surface area (Å²) in [5.74, 6) is -0.0101. The van der Waals surface area contributed by atoms with E-state index in [0.717, 1.165) is 31.4 Å². The molecule has 116 valence electrons. The summed E-state index contributed by atoms with van der Waals surface area (Å²) in [5, 5.41) is 7.65. The van der Waals surface area contributed by atoms with Gasteiger partial charge in [0.25, 0.3) is 5.91 Å². The molecular weight excluding hydrogens is 264 g/mol. The highest BCUT2D eigenvalue weighted by Crippen LogP contribution is 2.31. The molecule has 0 atom stereocenters. The Morgan fingerprint density at radius 1 is 1.38 bits per heavy atom. The lowest BCUT2D eigenvalue weighted by Gasteiger charge is -2.28. The van der Waals surface area contributed by atoms with E-state index in [9.17, 15) is 4.79 Å². The van der Waals surface area contributed by atoms with Crippen molar-refractivity contribution in [2.45, 2.75) is 69.9 Å². The van der Waals surface area contributed by atoms with Crippen LogP contribution in [-0.4, -0.2) is 27.8 Å². The second kappa shape index (κ2) is 5.79. The molecule has 1 aromatic heterocycles. The Kier molecular flexibility index (Phi) is 4.02. The maximum atomic E-state index is 12.6. The van der Waals surface area contributed by atoms with Gasteiger partial charge in [0.2, 0.25) is 0 Å². The van der Waals surface area contributed by atoms with Crippen LogP contribution in [-0.2, 0) is 0 Å². The Morgan fingerprint density at radius 2 is 2.05 bits per heavy atom. The number of amides is 1. The fraction of sp³-hybridized carbons (Fsp3) is 0.750. The molecule has 0 bridgehead atoms. The van der Waals surface area contributed by atoms with Crippen molar-refractivity contribution in [2.24, 2.45) is 5.73 Å². The smallest absolute Gasteiger partial charge is 0.255 e. The molecule has 1 heterocycles. The predicted octanol–water partition coefficient (Wildman–Crippen LogP) is 2.31. The predicted molar refractivity (Wildman–Crippen MR) is 82.2 cm³/mol. The molecule has 3 rings (SSSR count). The van der Waals surface area contributed by atoms with Gasteiger partial charge in [-0.2, -0.15) is 5.10 Å². The zero-order chi connectivity index (χ0) is 14.9. The van der Waals surface area contributed by atoms with Gasteiger partial charge in [-0.15, -0.1) is 0 Å². The van der Waals surface area contributed by atoms with E-state index in [1.165, 1.54) is 25.7 Å². The minimum Gasteiger partial charge on any atom is -0.345 e. The molecule has 5 heteroatoms. The highest BCUT2D eigenvalue weighted by Gasteiger charge is 2.35. The van der Waals surface area contributed by atoms with Crippen LogP contribution >= 0.6 is 0 Å². The lowest BCUT2D eigenvalue weighted by atomic mass is 9.97.